The number of pyridine rings is 1. The smallest absolute Gasteiger partial charge is 0.191 e. The largest absolute Gasteiger partial charge is 0.484 e. The lowest BCUT2D eigenvalue weighted by atomic mass is 10.2. The van der Waals surface area contributed by atoms with E-state index in [9.17, 15) is 0 Å². The Balaban J connectivity index is 1.55. The number of benzene rings is 1. The zero-order chi connectivity index (χ0) is 21.8. The van der Waals surface area contributed by atoms with Gasteiger partial charge in [0.05, 0.1) is 10.7 Å². The van der Waals surface area contributed by atoms with Gasteiger partial charge in [-0.05, 0) is 43.5 Å². The maximum absolute atomic E-state index is 6.23. The van der Waals surface area contributed by atoms with Crippen LogP contribution in [0.2, 0.25) is 5.02 Å². The Bertz CT molecular complexity index is 1170. The van der Waals surface area contributed by atoms with Crippen molar-refractivity contribution in [1.29, 1.82) is 0 Å². The first-order chi connectivity index (χ1) is 15.1. The molecule has 0 N–H and O–H groups in total. The van der Waals surface area contributed by atoms with Crippen LogP contribution >= 0.6 is 23.4 Å². The molecule has 4 rings (SSSR count). The van der Waals surface area contributed by atoms with E-state index in [2.05, 4.69) is 52.2 Å². The summed E-state index contributed by atoms with van der Waals surface area (Å²) in [7, 11) is 0. The molecule has 0 amide bonds. The topological polar surface area (TPSA) is 57.2 Å². The third-order valence-electron chi connectivity index (χ3n) is 5.31. The molecule has 0 aliphatic carbocycles. The number of thioether (sulfide) groups is 1. The number of hydrogen-bond donors (Lipinski definition) is 0. The Kier molecular flexibility index (Phi) is 6.83. The van der Waals surface area contributed by atoms with Gasteiger partial charge in [0.15, 0.2) is 11.0 Å². The molecule has 162 valence electrons. The van der Waals surface area contributed by atoms with E-state index in [0.29, 0.717) is 23.4 Å². The van der Waals surface area contributed by atoms with E-state index < -0.39 is 0 Å². The predicted octanol–water partition coefficient (Wildman–Crippen LogP) is 6.12. The number of imidazole rings is 1. The highest BCUT2D eigenvalue weighted by atomic mass is 35.5. The first-order valence-corrected chi connectivity index (χ1v) is 11.8. The van der Waals surface area contributed by atoms with Crippen LogP contribution in [-0.4, -0.2) is 24.1 Å². The molecular formula is C23H26ClN5OS. The molecule has 0 fully saturated rings. The fourth-order valence-corrected chi connectivity index (χ4v) is 4.74. The third-order valence-corrected chi connectivity index (χ3v) is 6.60. The molecule has 0 saturated carbocycles. The van der Waals surface area contributed by atoms with Crippen LogP contribution in [0.25, 0.3) is 5.65 Å². The molecule has 3 aromatic heterocycles. The van der Waals surface area contributed by atoms with Gasteiger partial charge in [-0.1, -0.05) is 55.4 Å². The molecule has 0 aliphatic heterocycles. The van der Waals surface area contributed by atoms with Crippen LogP contribution in [0.1, 0.15) is 49.8 Å². The summed E-state index contributed by atoms with van der Waals surface area (Å²) < 4.78 is 10.2. The van der Waals surface area contributed by atoms with Gasteiger partial charge in [0.1, 0.15) is 18.0 Å². The number of hydrogen-bond acceptors (Lipinski definition) is 5. The Morgan fingerprint density at radius 1 is 1.10 bits per heavy atom. The monoisotopic (exact) mass is 455 g/mol. The second kappa shape index (κ2) is 9.75. The van der Waals surface area contributed by atoms with Crippen LogP contribution in [0.4, 0.5) is 0 Å². The van der Waals surface area contributed by atoms with Gasteiger partial charge in [0.2, 0.25) is 0 Å². The maximum atomic E-state index is 6.23. The van der Waals surface area contributed by atoms with Crippen LogP contribution in [0.5, 0.6) is 5.75 Å². The third kappa shape index (κ3) is 4.72. The van der Waals surface area contributed by atoms with Crippen LogP contribution < -0.4 is 4.74 Å². The Hall–Kier alpha value is -2.51. The van der Waals surface area contributed by atoms with Gasteiger partial charge in [0, 0.05) is 24.2 Å². The van der Waals surface area contributed by atoms with Crippen LogP contribution in [0.15, 0.2) is 53.9 Å². The molecule has 0 atom stereocenters. The molecule has 0 aliphatic rings. The summed E-state index contributed by atoms with van der Waals surface area (Å²) in [6.07, 6.45) is 6.10. The molecule has 0 unspecified atom stereocenters. The van der Waals surface area contributed by atoms with Crippen molar-refractivity contribution >= 4 is 29.0 Å². The standard InChI is InChI=1S/C23H26ClN5OS/c1-4-18(5-2)29-21(14-30-20-11-7-6-10-19(20)24)26-27-23(29)31-15-17-13-28-12-8-9-16(3)22(28)25-17/h6-13,18H,4-5,14-15H2,1-3H3. The molecule has 0 bridgehead atoms. The summed E-state index contributed by atoms with van der Waals surface area (Å²) >= 11 is 7.89. The van der Waals surface area contributed by atoms with E-state index >= 15 is 0 Å². The first-order valence-electron chi connectivity index (χ1n) is 10.5. The lowest BCUT2D eigenvalue weighted by Gasteiger charge is -2.19. The first kappa shape index (κ1) is 21.7. The molecule has 4 aromatic rings. The highest BCUT2D eigenvalue weighted by molar-refractivity contribution is 7.98. The van der Waals surface area contributed by atoms with E-state index in [0.717, 1.165) is 46.5 Å². The quantitative estimate of drug-likeness (QED) is 0.284. The minimum atomic E-state index is 0.311. The molecule has 0 spiro atoms. The van der Waals surface area contributed by atoms with Crippen LogP contribution in [-0.2, 0) is 12.4 Å². The molecule has 6 nitrogen and oxygen atoms in total. The fraction of sp³-hybridized carbons (Fsp3) is 0.348. The summed E-state index contributed by atoms with van der Waals surface area (Å²) in [6.45, 7) is 6.77. The minimum Gasteiger partial charge on any atom is -0.484 e. The highest BCUT2D eigenvalue weighted by Gasteiger charge is 2.20. The van der Waals surface area contributed by atoms with Gasteiger partial charge in [-0.25, -0.2) is 4.98 Å². The molecule has 3 heterocycles. The predicted molar refractivity (Wildman–Crippen MR) is 125 cm³/mol. The van der Waals surface area contributed by atoms with Gasteiger partial charge < -0.3 is 13.7 Å². The zero-order valence-corrected chi connectivity index (χ0v) is 19.5. The number of ether oxygens (including phenoxy) is 1. The molecule has 8 heteroatoms. The number of para-hydroxylation sites is 1. The van der Waals surface area contributed by atoms with E-state index in [1.165, 1.54) is 0 Å². The van der Waals surface area contributed by atoms with Crippen molar-refractivity contribution in [1.82, 2.24) is 24.1 Å². The van der Waals surface area contributed by atoms with Crippen molar-refractivity contribution in [2.24, 2.45) is 0 Å². The van der Waals surface area contributed by atoms with Crippen molar-refractivity contribution in [2.75, 3.05) is 0 Å². The van der Waals surface area contributed by atoms with E-state index in [4.69, 9.17) is 21.3 Å². The second-order valence-corrected chi connectivity index (χ2v) is 8.75. The number of aromatic nitrogens is 5. The van der Waals surface area contributed by atoms with Gasteiger partial charge in [0.25, 0.3) is 0 Å². The Morgan fingerprint density at radius 3 is 2.65 bits per heavy atom. The lowest BCUT2D eigenvalue weighted by Crippen LogP contribution is -2.14. The number of rotatable bonds is 9. The van der Waals surface area contributed by atoms with Gasteiger partial charge in [-0.2, -0.15) is 0 Å². The maximum Gasteiger partial charge on any atom is 0.191 e. The van der Waals surface area contributed by atoms with E-state index in [1.54, 1.807) is 11.8 Å². The van der Waals surface area contributed by atoms with Gasteiger partial charge in [-0.15, -0.1) is 10.2 Å². The van der Waals surface area contributed by atoms with Crippen molar-refractivity contribution in [3.05, 3.63) is 70.9 Å². The zero-order valence-electron chi connectivity index (χ0n) is 18.0. The van der Waals surface area contributed by atoms with Crippen LogP contribution in [0, 0.1) is 6.92 Å². The summed E-state index contributed by atoms with van der Waals surface area (Å²) in [5.41, 5.74) is 3.18. The van der Waals surface area contributed by atoms with Gasteiger partial charge in [-0.3, -0.25) is 0 Å². The highest BCUT2D eigenvalue weighted by Crippen LogP contribution is 2.30. The van der Waals surface area contributed by atoms with Crippen molar-refractivity contribution < 1.29 is 4.74 Å². The normalized spacial score (nSPS) is 11.5. The van der Waals surface area contributed by atoms with Crippen molar-refractivity contribution in [2.45, 2.75) is 57.2 Å². The fourth-order valence-electron chi connectivity index (χ4n) is 3.64. The second-order valence-electron chi connectivity index (χ2n) is 7.40. The summed E-state index contributed by atoms with van der Waals surface area (Å²) in [5.74, 6) is 2.18. The SMILES string of the molecule is CCC(CC)n1c(COc2ccccc2Cl)nnc1SCc1cn2cccc(C)c2n1. The summed E-state index contributed by atoms with van der Waals surface area (Å²) in [4.78, 5) is 4.78. The molecule has 0 saturated heterocycles. The Labute approximate surface area is 191 Å². The number of halogens is 1. The van der Waals surface area contributed by atoms with Crippen LogP contribution in [0.3, 0.4) is 0 Å². The molecule has 0 radical (unpaired) electrons. The summed E-state index contributed by atoms with van der Waals surface area (Å²) in [5, 5.41) is 10.4. The number of nitrogens with zero attached hydrogens (tertiary/aromatic N) is 5. The molecular weight excluding hydrogens is 430 g/mol. The van der Waals surface area contributed by atoms with E-state index in [1.807, 2.05) is 36.5 Å². The molecule has 31 heavy (non-hydrogen) atoms. The summed E-state index contributed by atoms with van der Waals surface area (Å²) in [6, 6.07) is 11.9. The minimum absolute atomic E-state index is 0.311. The average molecular weight is 456 g/mol. The van der Waals surface area contributed by atoms with Gasteiger partial charge >= 0.3 is 0 Å². The van der Waals surface area contributed by atoms with Crippen molar-refractivity contribution in [3.63, 3.8) is 0 Å². The lowest BCUT2D eigenvalue weighted by molar-refractivity contribution is 0.278. The molecule has 1 aromatic carbocycles. The number of fused-ring (bicyclic) bond motifs is 1. The van der Waals surface area contributed by atoms with Crippen molar-refractivity contribution in [3.8, 4) is 5.75 Å². The number of aryl methyl sites for hydroxylation is 1. The van der Waals surface area contributed by atoms with E-state index in [-0.39, 0.29) is 0 Å². The average Bonchev–Trinajstić information content (AvgIpc) is 3.38. The Morgan fingerprint density at radius 2 is 1.90 bits per heavy atom.